The molecule has 1 fully saturated rings. The molecule has 5 heteroatoms. The van der Waals surface area contributed by atoms with Crippen molar-refractivity contribution >= 4 is 7.91 Å². The topological polar surface area (TPSA) is 46.5 Å². The molecular weight excluding hydrogens is 194 g/mol. The smallest absolute Gasteiger partial charge is 0.299 e. The average molecular weight is 210 g/mol. The Morgan fingerprint density at radius 2 is 2.08 bits per heavy atom. The molecule has 0 amide bonds. The van der Waals surface area contributed by atoms with Gasteiger partial charge in [0.2, 0.25) is 0 Å². The molecule has 0 aliphatic heterocycles. The maximum absolute atomic E-state index is 12.5. The van der Waals surface area contributed by atoms with E-state index in [0.717, 1.165) is 19.3 Å². The Balaban J connectivity index is 2.62. The molecule has 13 heavy (non-hydrogen) atoms. The lowest BCUT2D eigenvalue weighted by atomic mass is 9.97. The van der Waals surface area contributed by atoms with Crippen LogP contribution in [0, 0.1) is 0 Å². The minimum absolute atomic E-state index is 0.659. The average Bonchev–Trinajstić information content (AvgIpc) is 2.33. The predicted octanol–water partition coefficient (Wildman–Crippen LogP) is 3.19. The molecule has 3 nitrogen and oxygen atoms in total. The van der Waals surface area contributed by atoms with Crippen LogP contribution in [0.25, 0.3) is 0 Å². The van der Waals surface area contributed by atoms with Crippen LogP contribution in [0.15, 0.2) is 0 Å². The largest absolute Gasteiger partial charge is 0.511 e. The number of hydrogen-bond donors (Lipinski definition) is 1. The fourth-order valence-corrected chi connectivity index (χ4v) is 2.85. The van der Waals surface area contributed by atoms with Crippen molar-refractivity contribution in [1.82, 2.24) is 0 Å². The van der Waals surface area contributed by atoms with Crippen LogP contribution >= 0.6 is 7.91 Å². The van der Waals surface area contributed by atoms with Crippen LogP contribution in [0.1, 0.15) is 45.4 Å². The van der Waals surface area contributed by atoms with E-state index in [-0.39, 0.29) is 0 Å². The summed E-state index contributed by atoms with van der Waals surface area (Å²) < 4.78 is 27.7. The highest BCUT2D eigenvalue weighted by Crippen LogP contribution is 2.53. The fourth-order valence-electron chi connectivity index (χ4n) is 2.10. The predicted molar refractivity (Wildman–Crippen MR) is 48.1 cm³/mol. The van der Waals surface area contributed by atoms with Gasteiger partial charge in [0.1, 0.15) is 0 Å². The summed E-state index contributed by atoms with van der Waals surface area (Å²) in [6.45, 7) is 1.96. The Morgan fingerprint density at radius 1 is 1.54 bits per heavy atom. The minimum Gasteiger partial charge on any atom is -0.299 e. The van der Waals surface area contributed by atoms with E-state index in [1.165, 1.54) is 0 Å². The molecule has 1 N–H and O–H groups in total. The van der Waals surface area contributed by atoms with E-state index < -0.39 is 13.5 Å². The van der Waals surface area contributed by atoms with E-state index in [9.17, 15) is 8.76 Å². The van der Waals surface area contributed by atoms with Crippen LogP contribution in [0.4, 0.5) is 4.20 Å². The van der Waals surface area contributed by atoms with Crippen molar-refractivity contribution in [3.05, 3.63) is 0 Å². The second-order valence-electron chi connectivity index (χ2n) is 3.68. The molecule has 0 bridgehead atoms. The van der Waals surface area contributed by atoms with Crippen molar-refractivity contribution in [3.63, 3.8) is 0 Å². The SMILES string of the molecule is CCCC1(OP(=O)(O)F)CCCC1. The first-order valence-corrected chi connectivity index (χ1v) is 6.17. The first kappa shape index (κ1) is 11.2. The van der Waals surface area contributed by atoms with Crippen molar-refractivity contribution in [2.24, 2.45) is 0 Å². The number of hydrogen-bond acceptors (Lipinski definition) is 2. The van der Waals surface area contributed by atoms with Gasteiger partial charge in [-0.05, 0) is 19.3 Å². The van der Waals surface area contributed by atoms with Gasteiger partial charge in [-0.25, -0.2) is 4.57 Å². The second kappa shape index (κ2) is 4.07. The van der Waals surface area contributed by atoms with Gasteiger partial charge in [-0.3, -0.25) is 9.42 Å². The van der Waals surface area contributed by atoms with Gasteiger partial charge in [-0.1, -0.05) is 26.2 Å². The lowest BCUT2D eigenvalue weighted by molar-refractivity contribution is 0.0411. The maximum Gasteiger partial charge on any atom is 0.511 e. The zero-order valence-corrected chi connectivity index (χ0v) is 8.73. The van der Waals surface area contributed by atoms with Crippen LogP contribution in [-0.4, -0.2) is 10.5 Å². The first-order valence-electron chi connectivity index (χ1n) is 4.71. The molecule has 1 unspecified atom stereocenters. The molecule has 1 rings (SSSR count). The highest BCUT2D eigenvalue weighted by atomic mass is 31.2. The molecule has 0 heterocycles. The first-order chi connectivity index (χ1) is 5.97. The summed E-state index contributed by atoms with van der Waals surface area (Å²) in [5.74, 6) is 0. The fraction of sp³-hybridized carbons (Fsp3) is 1.00. The molecule has 0 aromatic heterocycles. The molecule has 0 radical (unpaired) electrons. The summed E-state index contributed by atoms with van der Waals surface area (Å²) in [5.41, 5.74) is -0.659. The molecule has 1 aliphatic rings. The van der Waals surface area contributed by atoms with Gasteiger partial charge in [0.25, 0.3) is 0 Å². The van der Waals surface area contributed by atoms with Gasteiger partial charge in [-0.15, -0.1) is 4.20 Å². The standard InChI is InChI=1S/C8H16FO3P/c1-2-5-8(6-3-4-7-8)12-13(9,10)11/h2-7H2,1H3,(H,10,11). The molecule has 0 spiro atoms. The van der Waals surface area contributed by atoms with Crippen molar-refractivity contribution in [2.75, 3.05) is 0 Å². The highest BCUT2D eigenvalue weighted by Gasteiger charge is 2.40. The van der Waals surface area contributed by atoms with Crippen LogP contribution in [0.3, 0.4) is 0 Å². The lowest BCUT2D eigenvalue weighted by Gasteiger charge is -2.27. The van der Waals surface area contributed by atoms with Crippen molar-refractivity contribution < 1.29 is 18.2 Å². The Kier molecular flexibility index (Phi) is 3.50. The summed E-state index contributed by atoms with van der Waals surface area (Å²) in [6, 6.07) is 0. The second-order valence-corrected chi connectivity index (χ2v) is 4.77. The monoisotopic (exact) mass is 210 g/mol. The Labute approximate surface area is 77.9 Å². The molecule has 1 aliphatic carbocycles. The van der Waals surface area contributed by atoms with E-state index in [0.29, 0.717) is 19.3 Å². The van der Waals surface area contributed by atoms with E-state index >= 15 is 0 Å². The van der Waals surface area contributed by atoms with Gasteiger partial charge in [0.15, 0.2) is 0 Å². The zero-order chi connectivity index (χ0) is 9.95. The third-order valence-corrected chi connectivity index (χ3v) is 3.14. The van der Waals surface area contributed by atoms with Crippen molar-refractivity contribution in [2.45, 2.75) is 51.0 Å². The van der Waals surface area contributed by atoms with Crippen molar-refractivity contribution in [3.8, 4) is 0 Å². The normalized spacial score (nSPS) is 25.8. The van der Waals surface area contributed by atoms with Gasteiger partial charge in [0.05, 0.1) is 5.60 Å². The molecule has 0 saturated heterocycles. The van der Waals surface area contributed by atoms with Crippen LogP contribution in [-0.2, 0) is 9.09 Å². The summed E-state index contributed by atoms with van der Waals surface area (Å²) in [4.78, 5) is 8.54. The lowest BCUT2D eigenvalue weighted by Crippen LogP contribution is -2.26. The Hall–Kier alpha value is 0.0800. The molecule has 78 valence electrons. The molecular formula is C8H16FO3P. The molecule has 0 aromatic rings. The van der Waals surface area contributed by atoms with Gasteiger partial charge < -0.3 is 0 Å². The van der Waals surface area contributed by atoms with E-state index in [2.05, 4.69) is 4.52 Å². The summed E-state index contributed by atoms with van der Waals surface area (Å²) in [5, 5.41) is 0. The van der Waals surface area contributed by atoms with Gasteiger partial charge in [-0.2, -0.15) is 0 Å². The Bertz CT molecular complexity index is 207. The third kappa shape index (κ3) is 3.37. The molecule has 1 saturated carbocycles. The summed E-state index contributed by atoms with van der Waals surface area (Å²) in [7, 11) is -4.81. The summed E-state index contributed by atoms with van der Waals surface area (Å²) in [6.07, 6.45) is 4.84. The number of halogens is 1. The van der Waals surface area contributed by atoms with E-state index in [1.54, 1.807) is 0 Å². The van der Waals surface area contributed by atoms with Crippen molar-refractivity contribution in [1.29, 1.82) is 0 Å². The third-order valence-electron chi connectivity index (χ3n) is 2.53. The van der Waals surface area contributed by atoms with Crippen LogP contribution in [0.5, 0.6) is 0 Å². The number of rotatable bonds is 4. The quantitative estimate of drug-likeness (QED) is 0.725. The minimum atomic E-state index is -4.81. The van der Waals surface area contributed by atoms with E-state index in [1.807, 2.05) is 6.92 Å². The zero-order valence-electron chi connectivity index (χ0n) is 7.83. The molecule has 1 atom stereocenters. The van der Waals surface area contributed by atoms with E-state index in [4.69, 9.17) is 4.89 Å². The van der Waals surface area contributed by atoms with Crippen LogP contribution in [0.2, 0.25) is 0 Å². The maximum atomic E-state index is 12.5. The summed E-state index contributed by atoms with van der Waals surface area (Å²) >= 11 is 0. The Morgan fingerprint density at radius 3 is 2.46 bits per heavy atom. The molecule has 0 aromatic carbocycles. The van der Waals surface area contributed by atoms with Crippen LogP contribution < -0.4 is 0 Å². The van der Waals surface area contributed by atoms with Gasteiger partial charge >= 0.3 is 7.91 Å². The highest BCUT2D eigenvalue weighted by molar-refractivity contribution is 7.47. The van der Waals surface area contributed by atoms with Gasteiger partial charge in [0, 0.05) is 0 Å².